The average molecular weight is 388 g/mol. The van der Waals surface area contributed by atoms with Crippen molar-refractivity contribution < 1.29 is 4.79 Å². The van der Waals surface area contributed by atoms with Crippen LogP contribution in [0.1, 0.15) is 39.5 Å². The monoisotopic (exact) mass is 387 g/mol. The fraction of sp³-hybridized carbons (Fsp3) is 0.160. The molecule has 0 saturated heterocycles. The molecule has 142 valence electrons. The van der Waals surface area contributed by atoms with Crippen molar-refractivity contribution in [2.45, 2.75) is 37.1 Å². The number of nitrogens with one attached hydrogen (secondary N) is 1. The Morgan fingerprint density at radius 3 is 2.46 bits per heavy atom. The average Bonchev–Trinajstić information content (AvgIpc) is 2.68. The van der Waals surface area contributed by atoms with E-state index in [1.165, 1.54) is 10.5 Å². The van der Waals surface area contributed by atoms with Crippen LogP contribution < -0.4 is 5.32 Å². The highest BCUT2D eigenvalue weighted by molar-refractivity contribution is 7.99. The summed E-state index contributed by atoms with van der Waals surface area (Å²) in [7, 11) is 0. The number of carbonyl (C=O) groups excluding carboxylic acids is 1. The molecule has 0 fully saturated rings. The van der Waals surface area contributed by atoms with Gasteiger partial charge in [-0.3, -0.25) is 4.79 Å². The third-order valence-electron chi connectivity index (χ3n) is 4.54. The molecule has 0 bridgehead atoms. The first-order valence-corrected chi connectivity index (χ1v) is 10.1. The van der Waals surface area contributed by atoms with Crippen LogP contribution in [-0.2, 0) is 6.54 Å². The first-order valence-electron chi connectivity index (χ1n) is 9.31. The Balaban J connectivity index is 1.72. The molecule has 0 aromatic heterocycles. The predicted octanol–water partition coefficient (Wildman–Crippen LogP) is 6.42. The van der Waals surface area contributed by atoms with Crippen molar-refractivity contribution in [3.63, 3.8) is 0 Å². The van der Waals surface area contributed by atoms with Crippen molar-refractivity contribution in [2.75, 3.05) is 0 Å². The molecule has 3 heteroatoms. The molecule has 1 N–H and O–H groups in total. The zero-order valence-corrected chi connectivity index (χ0v) is 17.4. The van der Waals surface area contributed by atoms with Gasteiger partial charge in [-0.25, -0.2) is 0 Å². The molecule has 0 spiro atoms. The van der Waals surface area contributed by atoms with Crippen LogP contribution in [0.4, 0.5) is 0 Å². The molecule has 3 rings (SSSR count). The minimum Gasteiger partial charge on any atom is -0.348 e. The number of allylic oxidation sites excluding steroid dienone is 1. The molecule has 1 amide bonds. The van der Waals surface area contributed by atoms with Gasteiger partial charge in [0.05, 0.1) is 0 Å². The zero-order valence-electron chi connectivity index (χ0n) is 16.6. The molecule has 3 aromatic rings. The van der Waals surface area contributed by atoms with Crippen LogP contribution in [0.25, 0.3) is 5.57 Å². The minimum absolute atomic E-state index is 0.0523. The quantitative estimate of drug-likeness (QED) is 0.529. The lowest BCUT2D eigenvalue weighted by molar-refractivity contribution is 0.0950. The number of aryl methyl sites for hydroxylation is 2. The van der Waals surface area contributed by atoms with Gasteiger partial charge in [0.15, 0.2) is 0 Å². The van der Waals surface area contributed by atoms with E-state index in [0.29, 0.717) is 12.1 Å². The number of carbonyl (C=O) groups is 1. The van der Waals surface area contributed by atoms with E-state index in [1.807, 2.05) is 56.3 Å². The molecule has 28 heavy (non-hydrogen) atoms. The molecule has 0 aliphatic rings. The lowest BCUT2D eigenvalue weighted by atomic mass is 10.1. The van der Waals surface area contributed by atoms with Gasteiger partial charge in [0.1, 0.15) is 0 Å². The highest BCUT2D eigenvalue weighted by Crippen LogP contribution is 2.35. The number of benzene rings is 3. The molecular weight excluding hydrogens is 362 g/mol. The van der Waals surface area contributed by atoms with Crippen LogP contribution in [0.5, 0.6) is 0 Å². The second kappa shape index (κ2) is 8.94. The lowest BCUT2D eigenvalue weighted by Gasteiger charge is -2.12. The molecule has 0 atom stereocenters. The Hall–Kier alpha value is -2.78. The topological polar surface area (TPSA) is 29.1 Å². The second-order valence-electron chi connectivity index (χ2n) is 7.03. The van der Waals surface area contributed by atoms with Gasteiger partial charge < -0.3 is 5.32 Å². The molecule has 2 nitrogen and oxygen atoms in total. The van der Waals surface area contributed by atoms with Crippen LogP contribution in [0.15, 0.2) is 83.1 Å². The summed E-state index contributed by atoms with van der Waals surface area (Å²) in [5.41, 5.74) is 6.28. The Morgan fingerprint density at radius 2 is 1.75 bits per heavy atom. The number of amides is 1. The first-order chi connectivity index (χ1) is 13.4. The van der Waals surface area contributed by atoms with Gasteiger partial charge in [0.2, 0.25) is 0 Å². The van der Waals surface area contributed by atoms with E-state index in [4.69, 9.17) is 0 Å². The molecule has 0 radical (unpaired) electrons. The van der Waals surface area contributed by atoms with Crippen molar-refractivity contribution in [3.8, 4) is 0 Å². The number of hydrogen-bond acceptors (Lipinski definition) is 2. The van der Waals surface area contributed by atoms with Crippen LogP contribution in [0.3, 0.4) is 0 Å². The maximum absolute atomic E-state index is 12.5. The van der Waals surface area contributed by atoms with Gasteiger partial charge in [-0.05, 0) is 67.3 Å². The van der Waals surface area contributed by atoms with Crippen molar-refractivity contribution in [2.24, 2.45) is 0 Å². The highest BCUT2D eigenvalue weighted by atomic mass is 32.2. The Kier molecular flexibility index (Phi) is 6.37. The maximum atomic E-state index is 12.5. The third kappa shape index (κ3) is 4.93. The summed E-state index contributed by atoms with van der Waals surface area (Å²) in [6.07, 6.45) is 0. The summed E-state index contributed by atoms with van der Waals surface area (Å²) in [6.45, 7) is 10.7. The van der Waals surface area contributed by atoms with Crippen LogP contribution in [0, 0.1) is 13.8 Å². The Labute approximate surface area is 171 Å². The molecular formula is C25H25NOS. The van der Waals surface area contributed by atoms with E-state index in [0.717, 1.165) is 27.2 Å². The summed E-state index contributed by atoms with van der Waals surface area (Å²) in [5, 5.41) is 3.01. The molecule has 0 aliphatic carbocycles. The van der Waals surface area contributed by atoms with E-state index in [2.05, 4.69) is 43.1 Å². The molecule has 0 saturated carbocycles. The highest BCUT2D eigenvalue weighted by Gasteiger charge is 2.10. The van der Waals surface area contributed by atoms with Crippen molar-refractivity contribution in [1.82, 2.24) is 5.32 Å². The van der Waals surface area contributed by atoms with Gasteiger partial charge >= 0.3 is 0 Å². The third-order valence-corrected chi connectivity index (χ3v) is 5.79. The fourth-order valence-electron chi connectivity index (χ4n) is 3.04. The summed E-state index contributed by atoms with van der Waals surface area (Å²) in [5.74, 6) is -0.0523. The standard InChI is InChI=1S/C25H25NOS/c1-17(2)22-10-5-6-11-24(22)28-23-13-12-21(15-19(23)4)25(27)26-16-20-9-7-8-18(3)14-20/h5-15H,1,16H2,2-4H3,(H,26,27). The van der Waals surface area contributed by atoms with Crippen LogP contribution >= 0.6 is 11.8 Å². The van der Waals surface area contributed by atoms with Gasteiger partial charge in [0.25, 0.3) is 5.91 Å². The SMILES string of the molecule is C=C(C)c1ccccc1Sc1ccc(C(=O)NCc2cccc(C)c2)cc1C. The van der Waals surface area contributed by atoms with Crippen molar-refractivity contribution in [3.05, 3.63) is 101 Å². The van der Waals surface area contributed by atoms with E-state index in [1.54, 1.807) is 11.8 Å². The van der Waals surface area contributed by atoms with Gasteiger partial charge in [0, 0.05) is 21.9 Å². The molecule has 0 unspecified atom stereocenters. The number of hydrogen-bond donors (Lipinski definition) is 1. The zero-order chi connectivity index (χ0) is 20.1. The largest absolute Gasteiger partial charge is 0.348 e. The van der Waals surface area contributed by atoms with Crippen LogP contribution in [-0.4, -0.2) is 5.91 Å². The molecule has 0 heterocycles. The fourth-order valence-corrected chi connectivity index (χ4v) is 4.13. The van der Waals surface area contributed by atoms with E-state index in [9.17, 15) is 4.79 Å². The van der Waals surface area contributed by atoms with E-state index in [-0.39, 0.29) is 5.91 Å². The number of rotatable bonds is 6. The Bertz CT molecular complexity index is 1020. The normalized spacial score (nSPS) is 10.5. The second-order valence-corrected chi connectivity index (χ2v) is 8.11. The van der Waals surface area contributed by atoms with Crippen LogP contribution in [0.2, 0.25) is 0 Å². The smallest absolute Gasteiger partial charge is 0.251 e. The summed E-state index contributed by atoms with van der Waals surface area (Å²) >= 11 is 1.71. The van der Waals surface area contributed by atoms with Crippen molar-refractivity contribution in [1.29, 1.82) is 0 Å². The van der Waals surface area contributed by atoms with E-state index < -0.39 is 0 Å². The van der Waals surface area contributed by atoms with Crippen molar-refractivity contribution >= 4 is 23.2 Å². The first kappa shape index (κ1) is 20.0. The van der Waals surface area contributed by atoms with E-state index >= 15 is 0 Å². The lowest BCUT2D eigenvalue weighted by Crippen LogP contribution is -2.22. The summed E-state index contributed by atoms with van der Waals surface area (Å²) in [6, 6.07) is 22.3. The summed E-state index contributed by atoms with van der Waals surface area (Å²) in [4.78, 5) is 14.9. The Morgan fingerprint density at radius 1 is 0.964 bits per heavy atom. The van der Waals surface area contributed by atoms with Gasteiger partial charge in [-0.15, -0.1) is 0 Å². The summed E-state index contributed by atoms with van der Waals surface area (Å²) < 4.78 is 0. The van der Waals surface area contributed by atoms with Gasteiger partial charge in [-0.2, -0.15) is 0 Å². The molecule has 0 aliphatic heterocycles. The maximum Gasteiger partial charge on any atom is 0.251 e. The van der Waals surface area contributed by atoms with Gasteiger partial charge in [-0.1, -0.05) is 66.4 Å². The minimum atomic E-state index is -0.0523. The molecule has 3 aromatic carbocycles. The predicted molar refractivity (Wildman–Crippen MR) is 119 cm³/mol.